The molecule has 0 aliphatic rings. The maximum absolute atomic E-state index is 12.1. The number of benzene rings is 2. The summed E-state index contributed by atoms with van der Waals surface area (Å²) in [6, 6.07) is 9.91. The molecule has 1 N–H and O–H groups in total. The number of aromatic hydroxyl groups is 1. The van der Waals surface area contributed by atoms with Gasteiger partial charge in [0.1, 0.15) is 35.7 Å². The molecule has 0 aliphatic heterocycles. The van der Waals surface area contributed by atoms with E-state index in [0.717, 1.165) is 11.6 Å². The van der Waals surface area contributed by atoms with Crippen molar-refractivity contribution in [2.75, 3.05) is 13.2 Å². The predicted octanol–water partition coefficient (Wildman–Crippen LogP) is 2.32. The summed E-state index contributed by atoms with van der Waals surface area (Å²) in [5.74, 6) is -1.09. The number of nitrogens with zero attached hydrogens (tertiary/aromatic N) is 3. The number of carbonyl (C=O) groups is 2. The first-order valence-electron chi connectivity index (χ1n) is 8.11. The van der Waals surface area contributed by atoms with Gasteiger partial charge in [-0.1, -0.05) is 12.6 Å². The number of phenolic OH excluding ortho intramolecular Hbond substituents is 1. The number of carbonyl (C=O) groups excluding carboxylic acids is 2. The van der Waals surface area contributed by atoms with Crippen LogP contribution in [0, 0.1) is 6.92 Å². The van der Waals surface area contributed by atoms with Gasteiger partial charge in [-0.3, -0.25) is 0 Å². The average Bonchev–Trinajstić information content (AvgIpc) is 3.07. The Hall–Kier alpha value is -3.68. The molecular formula is C19H17N3O5. The Balaban J connectivity index is 1.74. The maximum atomic E-state index is 12.1. The van der Waals surface area contributed by atoms with Gasteiger partial charge in [-0.25, -0.2) is 9.59 Å². The van der Waals surface area contributed by atoms with E-state index in [-0.39, 0.29) is 24.5 Å². The predicted molar refractivity (Wildman–Crippen MR) is 96.7 cm³/mol. The monoisotopic (exact) mass is 367 g/mol. The van der Waals surface area contributed by atoms with Crippen molar-refractivity contribution in [3.8, 4) is 11.4 Å². The molecule has 1 aromatic heterocycles. The lowest BCUT2D eigenvalue weighted by molar-refractivity contribution is -0.138. The number of hydrogen-bond donors (Lipinski definition) is 1. The van der Waals surface area contributed by atoms with Crippen LogP contribution in [0.15, 0.2) is 49.1 Å². The average molecular weight is 367 g/mol. The highest BCUT2D eigenvalue weighted by Gasteiger charge is 2.13. The lowest BCUT2D eigenvalue weighted by atomic mass is 10.2. The third kappa shape index (κ3) is 4.12. The first kappa shape index (κ1) is 18.1. The molecule has 0 saturated carbocycles. The van der Waals surface area contributed by atoms with Crippen LogP contribution in [0.25, 0.3) is 16.7 Å². The topological polar surface area (TPSA) is 104 Å². The molecule has 0 unspecified atom stereocenters. The van der Waals surface area contributed by atoms with Crippen molar-refractivity contribution in [3.05, 3.63) is 60.2 Å². The SMILES string of the molecule is C=CC(=O)OCCOC(=O)c1ccc2nn(-c3ccc(C)cc3O)nc2c1. The Labute approximate surface area is 154 Å². The molecule has 8 heteroatoms. The summed E-state index contributed by atoms with van der Waals surface area (Å²) in [7, 11) is 0. The van der Waals surface area contributed by atoms with E-state index in [1.165, 1.54) is 4.80 Å². The van der Waals surface area contributed by atoms with E-state index in [0.29, 0.717) is 16.7 Å². The zero-order chi connectivity index (χ0) is 19.4. The van der Waals surface area contributed by atoms with Crippen LogP contribution in [0.3, 0.4) is 0 Å². The molecule has 3 aromatic rings. The zero-order valence-corrected chi connectivity index (χ0v) is 14.6. The van der Waals surface area contributed by atoms with Crippen LogP contribution in [0.5, 0.6) is 5.75 Å². The number of aromatic nitrogens is 3. The largest absolute Gasteiger partial charge is 0.506 e. The van der Waals surface area contributed by atoms with Gasteiger partial charge in [0.15, 0.2) is 0 Å². The molecule has 0 aliphatic carbocycles. The van der Waals surface area contributed by atoms with Crippen LogP contribution < -0.4 is 0 Å². The summed E-state index contributed by atoms with van der Waals surface area (Å²) in [6.07, 6.45) is 1.03. The van der Waals surface area contributed by atoms with Crippen molar-refractivity contribution in [2.45, 2.75) is 6.92 Å². The summed E-state index contributed by atoms with van der Waals surface area (Å²) in [5, 5.41) is 18.7. The van der Waals surface area contributed by atoms with Crippen LogP contribution in [0.1, 0.15) is 15.9 Å². The molecule has 3 rings (SSSR count). The van der Waals surface area contributed by atoms with Gasteiger partial charge in [-0.05, 0) is 42.8 Å². The van der Waals surface area contributed by atoms with Gasteiger partial charge >= 0.3 is 11.9 Å². The summed E-state index contributed by atoms with van der Waals surface area (Å²) in [4.78, 5) is 24.3. The molecule has 0 bridgehead atoms. The van der Waals surface area contributed by atoms with Gasteiger partial charge in [0.2, 0.25) is 0 Å². The summed E-state index contributed by atoms with van der Waals surface area (Å²) in [5.41, 5.74) is 2.67. The van der Waals surface area contributed by atoms with E-state index in [1.807, 2.05) is 13.0 Å². The highest BCUT2D eigenvalue weighted by molar-refractivity contribution is 5.93. The van der Waals surface area contributed by atoms with Gasteiger partial charge in [0, 0.05) is 6.08 Å². The highest BCUT2D eigenvalue weighted by atomic mass is 16.6. The minimum Gasteiger partial charge on any atom is -0.506 e. The number of fused-ring (bicyclic) bond motifs is 1. The zero-order valence-electron chi connectivity index (χ0n) is 14.6. The molecule has 0 radical (unpaired) electrons. The normalized spacial score (nSPS) is 10.6. The molecular weight excluding hydrogens is 350 g/mol. The molecule has 0 fully saturated rings. The number of phenols is 1. The van der Waals surface area contributed by atoms with E-state index in [2.05, 4.69) is 16.8 Å². The Morgan fingerprint density at radius 1 is 1.11 bits per heavy atom. The Morgan fingerprint density at radius 2 is 1.85 bits per heavy atom. The Morgan fingerprint density at radius 3 is 2.59 bits per heavy atom. The van der Waals surface area contributed by atoms with Crippen LogP contribution in [-0.4, -0.2) is 45.3 Å². The molecule has 0 spiro atoms. The summed E-state index contributed by atoms with van der Waals surface area (Å²) in [6.45, 7) is 5.02. The van der Waals surface area contributed by atoms with E-state index in [9.17, 15) is 14.7 Å². The van der Waals surface area contributed by atoms with Crippen molar-refractivity contribution in [3.63, 3.8) is 0 Å². The van der Waals surface area contributed by atoms with Crippen molar-refractivity contribution < 1.29 is 24.2 Å². The molecule has 8 nitrogen and oxygen atoms in total. The standard InChI is InChI=1S/C19H17N3O5/c1-3-18(24)26-8-9-27-19(25)13-5-6-14-15(11-13)21-22(20-14)16-7-4-12(2)10-17(16)23/h3-7,10-11,23H,1,8-9H2,2H3. The van der Waals surface area contributed by atoms with E-state index in [1.54, 1.807) is 30.3 Å². The van der Waals surface area contributed by atoms with Crippen LogP contribution in [-0.2, 0) is 14.3 Å². The molecule has 2 aromatic carbocycles. The lowest BCUT2D eigenvalue weighted by Gasteiger charge is -2.04. The fourth-order valence-corrected chi connectivity index (χ4v) is 2.37. The van der Waals surface area contributed by atoms with Gasteiger partial charge in [0.05, 0.1) is 5.56 Å². The first-order chi connectivity index (χ1) is 13.0. The van der Waals surface area contributed by atoms with Gasteiger partial charge in [0.25, 0.3) is 0 Å². The molecule has 1 heterocycles. The van der Waals surface area contributed by atoms with Gasteiger partial charge in [-0.2, -0.15) is 0 Å². The number of esters is 2. The molecule has 138 valence electrons. The summed E-state index contributed by atoms with van der Waals surface area (Å²) >= 11 is 0. The van der Waals surface area contributed by atoms with Crippen molar-refractivity contribution >= 4 is 23.0 Å². The second-order valence-electron chi connectivity index (χ2n) is 5.69. The smallest absolute Gasteiger partial charge is 0.338 e. The van der Waals surface area contributed by atoms with E-state index < -0.39 is 11.9 Å². The van der Waals surface area contributed by atoms with Crippen LogP contribution >= 0.6 is 0 Å². The maximum Gasteiger partial charge on any atom is 0.338 e. The highest BCUT2D eigenvalue weighted by Crippen LogP contribution is 2.23. The van der Waals surface area contributed by atoms with Crippen LogP contribution in [0.2, 0.25) is 0 Å². The van der Waals surface area contributed by atoms with Gasteiger partial charge < -0.3 is 14.6 Å². The third-order valence-electron chi connectivity index (χ3n) is 3.69. The number of rotatable bonds is 6. The summed E-state index contributed by atoms with van der Waals surface area (Å²) < 4.78 is 9.79. The van der Waals surface area contributed by atoms with Crippen molar-refractivity contribution in [1.29, 1.82) is 0 Å². The van der Waals surface area contributed by atoms with E-state index in [4.69, 9.17) is 9.47 Å². The molecule has 0 saturated heterocycles. The number of ether oxygens (including phenoxy) is 2. The number of aryl methyl sites for hydroxylation is 1. The Bertz CT molecular complexity index is 1030. The van der Waals surface area contributed by atoms with Crippen molar-refractivity contribution in [1.82, 2.24) is 15.0 Å². The molecule has 0 atom stereocenters. The minimum absolute atomic E-state index is 0.0538. The number of hydrogen-bond acceptors (Lipinski definition) is 7. The second-order valence-corrected chi connectivity index (χ2v) is 5.69. The Kier molecular flexibility index (Phi) is 5.16. The molecule has 0 amide bonds. The van der Waals surface area contributed by atoms with E-state index >= 15 is 0 Å². The lowest BCUT2D eigenvalue weighted by Crippen LogP contribution is -2.12. The van der Waals surface area contributed by atoms with Crippen molar-refractivity contribution in [2.24, 2.45) is 0 Å². The fourth-order valence-electron chi connectivity index (χ4n) is 2.37. The minimum atomic E-state index is -0.580. The fraction of sp³-hybridized carbons (Fsp3) is 0.158. The van der Waals surface area contributed by atoms with Crippen LogP contribution in [0.4, 0.5) is 0 Å². The quantitative estimate of drug-likeness (QED) is 0.405. The second kappa shape index (κ2) is 7.69. The third-order valence-corrected chi connectivity index (χ3v) is 3.69. The first-order valence-corrected chi connectivity index (χ1v) is 8.11. The van der Waals surface area contributed by atoms with Gasteiger partial charge in [-0.15, -0.1) is 15.0 Å². The molecule has 27 heavy (non-hydrogen) atoms.